The summed E-state index contributed by atoms with van der Waals surface area (Å²) in [6, 6.07) is 42.9. The van der Waals surface area contributed by atoms with E-state index in [1.165, 1.54) is 10.8 Å². The number of rotatable bonds is 4. The van der Waals surface area contributed by atoms with Crippen LogP contribution in [-0.4, -0.2) is 9.55 Å². The van der Waals surface area contributed by atoms with Gasteiger partial charge in [0.05, 0.1) is 11.0 Å². The summed E-state index contributed by atoms with van der Waals surface area (Å²) in [5.41, 5.74) is 2.20. The SMILES string of the molecule is O=P(c1ccccc1)(c1ccccc1)c1ccc2c(c1)c1ccccc1n2-c1[nH]cc2ccccc12. The first-order valence-electron chi connectivity index (χ1n) is 12.1. The predicted octanol–water partition coefficient (Wildman–Crippen LogP) is 6.90. The summed E-state index contributed by atoms with van der Waals surface area (Å²) in [5.74, 6) is 1.04. The molecule has 0 fully saturated rings. The molecule has 0 aliphatic carbocycles. The molecule has 2 aromatic heterocycles. The highest BCUT2D eigenvalue weighted by Gasteiger charge is 2.30. The van der Waals surface area contributed by atoms with Gasteiger partial charge in [-0.05, 0) is 24.3 Å². The van der Waals surface area contributed by atoms with Crippen LogP contribution in [-0.2, 0) is 4.57 Å². The quantitative estimate of drug-likeness (QED) is 0.272. The molecule has 0 bridgehead atoms. The average molecular weight is 483 g/mol. The van der Waals surface area contributed by atoms with Crippen LogP contribution in [0.3, 0.4) is 0 Å². The maximum absolute atomic E-state index is 15.0. The highest BCUT2D eigenvalue weighted by atomic mass is 31.2. The van der Waals surface area contributed by atoms with Crippen LogP contribution < -0.4 is 15.9 Å². The summed E-state index contributed by atoms with van der Waals surface area (Å²) in [4.78, 5) is 3.51. The average Bonchev–Trinajstić information content (AvgIpc) is 3.52. The normalized spacial score (nSPS) is 12.0. The van der Waals surface area contributed by atoms with E-state index in [1.807, 2.05) is 66.7 Å². The number of para-hydroxylation sites is 1. The van der Waals surface area contributed by atoms with Gasteiger partial charge in [0, 0.05) is 43.7 Å². The minimum Gasteiger partial charge on any atom is -0.347 e. The molecular formula is C32H23N2OP. The zero-order chi connectivity index (χ0) is 24.1. The molecule has 0 atom stereocenters. The van der Waals surface area contributed by atoms with Crippen molar-refractivity contribution in [2.75, 3.05) is 0 Å². The number of hydrogen-bond donors (Lipinski definition) is 1. The molecule has 0 saturated heterocycles. The fourth-order valence-corrected chi connectivity index (χ4v) is 8.04. The first-order valence-corrected chi connectivity index (χ1v) is 13.8. The number of benzene rings is 5. The maximum atomic E-state index is 15.0. The molecule has 7 aromatic rings. The van der Waals surface area contributed by atoms with Crippen LogP contribution in [0.25, 0.3) is 38.4 Å². The molecule has 172 valence electrons. The Morgan fingerprint density at radius 1 is 0.528 bits per heavy atom. The number of fused-ring (bicyclic) bond motifs is 4. The number of nitrogens with one attached hydrogen (secondary N) is 1. The Labute approximate surface area is 209 Å². The van der Waals surface area contributed by atoms with Crippen LogP contribution in [0.15, 0.2) is 134 Å². The van der Waals surface area contributed by atoms with Gasteiger partial charge in [-0.2, -0.15) is 0 Å². The van der Waals surface area contributed by atoms with Crippen LogP contribution in [0.5, 0.6) is 0 Å². The lowest BCUT2D eigenvalue weighted by molar-refractivity contribution is 0.592. The number of H-pyrrole nitrogens is 1. The first-order chi connectivity index (χ1) is 17.7. The molecule has 0 spiro atoms. The summed E-state index contributed by atoms with van der Waals surface area (Å²) in [6.45, 7) is 0. The molecule has 0 radical (unpaired) electrons. The summed E-state index contributed by atoms with van der Waals surface area (Å²) in [5, 5.41) is 7.10. The number of hydrogen-bond acceptors (Lipinski definition) is 1. The summed E-state index contributed by atoms with van der Waals surface area (Å²) >= 11 is 0. The smallest absolute Gasteiger partial charge is 0.171 e. The van der Waals surface area contributed by atoms with Crippen LogP contribution >= 0.6 is 7.14 Å². The molecule has 0 aliphatic heterocycles. The van der Waals surface area contributed by atoms with Crippen LogP contribution in [0.1, 0.15) is 0 Å². The second kappa shape index (κ2) is 8.12. The van der Waals surface area contributed by atoms with E-state index in [9.17, 15) is 4.57 Å². The molecule has 0 aliphatic rings. The third-order valence-corrected chi connectivity index (χ3v) is 10.1. The second-order valence-electron chi connectivity index (χ2n) is 9.06. The molecule has 1 N–H and O–H groups in total. The standard InChI is InChI=1S/C32H23N2OP/c35-36(24-12-3-1-4-13-24,25-14-5-2-6-15-25)26-19-20-31-29(21-26)28-17-9-10-18-30(28)34(31)32-27-16-8-7-11-23(27)22-33-32/h1-22,33H. The van der Waals surface area contributed by atoms with E-state index in [0.29, 0.717) is 0 Å². The molecule has 0 saturated carbocycles. The van der Waals surface area contributed by atoms with Gasteiger partial charge in [0.25, 0.3) is 0 Å². The van der Waals surface area contributed by atoms with E-state index < -0.39 is 7.14 Å². The molecule has 0 amide bonds. The van der Waals surface area contributed by atoms with E-state index in [1.54, 1.807) is 0 Å². The zero-order valence-electron chi connectivity index (χ0n) is 19.5. The van der Waals surface area contributed by atoms with Gasteiger partial charge in [0.15, 0.2) is 7.14 Å². The van der Waals surface area contributed by atoms with Gasteiger partial charge in [-0.3, -0.25) is 4.57 Å². The maximum Gasteiger partial charge on any atom is 0.171 e. The Hall–Kier alpha value is -4.33. The zero-order valence-corrected chi connectivity index (χ0v) is 20.4. The highest BCUT2D eigenvalue weighted by Crippen LogP contribution is 2.44. The van der Waals surface area contributed by atoms with Gasteiger partial charge in [-0.1, -0.05) is 103 Å². The number of nitrogens with zero attached hydrogens (tertiary/aromatic N) is 1. The summed E-state index contributed by atoms with van der Waals surface area (Å²) in [7, 11) is -3.07. The Morgan fingerprint density at radius 3 is 1.83 bits per heavy atom. The van der Waals surface area contributed by atoms with Crippen LogP contribution in [0, 0.1) is 0 Å². The lowest BCUT2D eigenvalue weighted by Gasteiger charge is -2.20. The van der Waals surface area contributed by atoms with E-state index >= 15 is 0 Å². The van der Waals surface area contributed by atoms with Crippen molar-refractivity contribution >= 4 is 55.6 Å². The van der Waals surface area contributed by atoms with Crippen molar-refractivity contribution in [3.8, 4) is 5.82 Å². The Morgan fingerprint density at radius 2 is 1.11 bits per heavy atom. The molecular weight excluding hydrogens is 459 g/mol. The third kappa shape index (κ3) is 3.03. The van der Waals surface area contributed by atoms with Crippen molar-refractivity contribution < 1.29 is 4.57 Å². The van der Waals surface area contributed by atoms with E-state index in [4.69, 9.17) is 0 Å². The number of aromatic nitrogens is 2. The monoisotopic (exact) mass is 482 g/mol. The van der Waals surface area contributed by atoms with Crippen molar-refractivity contribution in [3.63, 3.8) is 0 Å². The molecule has 4 heteroatoms. The fourth-order valence-electron chi connectivity index (χ4n) is 5.37. The van der Waals surface area contributed by atoms with E-state index in [0.717, 1.165) is 43.5 Å². The second-order valence-corrected chi connectivity index (χ2v) is 11.8. The van der Waals surface area contributed by atoms with Crippen molar-refractivity contribution in [1.82, 2.24) is 9.55 Å². The first kappa shape index (κ1) is 21.0. The molecule has 0 unspecified atom stereocenters. The van der Waals surface area contributed by atoms with E-state index in [-0.39, 0.29) is 0 Å². The molecule has 36 heavy (non-hydrogen) atoms. The van der Waals surface area contributed by atoms with Gasteiger partial charge in [0.1, 0.15) is 5.82 Å². The minimum atomic E-state index is -3.07. The fraction of sp³-hybridized carbons (Fsp3) is 0. The lowest BCUT2D eigenvalue weighted by atomic mass is 10.1. The van der Waals surface area contributed by atoms with Gasteiger partial charge >= 0.3 is 0 Å². The molecule has 5 aromatic carbocycles. The lowest BCUT2D eigenvalue weighted by Crippen LogP contribution is -2.24. The van der Waals surface area contributed by atoms with Crippen LogP contribution in [0.4, 0.5) is 0 Å². The third-order valence-electron chi connectivity index (χ3n) is 7.06. The Kier molecular flexibility index (Phi) is 4.73. The predicted molar refractivity (Wildman–Crippen MR) is 152 cm³/mol. The Balaban J connectivity index is 1.54. The van der Waals surface area contributed by atoms with Crippen molar-refractivity contribution in [2.24, 2.45) is 0 Å². The summed E-state index contributed by atoms with van der Waals surface area (Å²) < 4.78 is 17.3. The van der Waals surface area contributed by atoms with Gasteiger partial charge in [-0.15, -0.1) is 0 Å². The molecule has 2 heterocycles. The van der Waals surface area contributed by atoms with Crippen molar-refractivity contribution in [1.29, 1.82) is 0 Å². The van der Waals surface area contributed by atoms with E-state index in [2.05, 4.69) is 76.4 Å². The summed E-state index contributed by atoms with van der Waals surface area (Å²) in [6.07, 6.45) is 2.05. The molecule has 7 rings (SSSR count). The van der Waals surface area contributed by atoms with Gasteiger partial charge < -0.3 is 9.55 Å². The van der Waals surface area contributed by atoms with Crippen molar-refractivity contribution in [2.45, 2.75) is 0 Å². The topological polar surface area (TPSA) is 37.8 Å². The Bertz CT molecular complexity index is 1870. The van der Waals surface area contributed by atoms with Crippen molar-refractivity contribution in [3.05, 3.63) is 134 Å². The largest absolute Gasteiger partial charge is 0.347 e. The van der Waals surface area contributed by atoms with Gasteiger partial charge in [0.2, 0.25) is 0 Å². The van der Waals surface area contributed by atoms with Crippen LogP contribution in [0.2, 0.25) is 0 Å². The molecule has 3 nitrogen and oxygen atoms in total. The minimum absolute atomic E-state index is 0.839. The van der Waals surface area contributed by atoms with Gasteiger partial charge in [-0.25, -0.2) is 0 Å². The highest BCUT2D eigenvalue weighted by molar-refractivity contribution is 7.85. The number of aromatic amines is 1.